The van der Waals surface area contributed by atoms with Crippen molar-refractivity contribution in [2.45, 2.75) is 19.3 Å². The highest BCUT2D eigenvalue weighted by molar-refractivity contribution is 5.88. The maximum atomic E-state index is 10.9. The first-order valence-electron chi connectivity index (χ1n) is 5.74. The van der Waals surface area contributed by atoms with Crippen molar-refractivity contribution in [2.75, 3.05) is 13.1 Å². The minimum atomic E-state index is -0.826. The van der Waals surface area contributed by atoms with Crippen LogP contribution in [0.15, 0.2) is 18.2 Å². The van der Waals surface area contributed by atoms with Crippen LogP contribution >= 0.6 is 0 Å². The van der Waals surface area contributed by atoms with E-state index in [9.17, 15) is 4.79 Å². The number of fused-ring (bicyclic) bond motifs is 1. The van der Waals surface area contributed by atoms with E-state index in [1.165, 1.54) is 17.5 Å². The number of nitrogens with one attached hydrogen (secondary N) is 1. The highest BCUT2D eigenvalue weighted by atomic mass is 16.4. The van der Waals surface area contributed by atoms with Crippen LogP contribution in [-0.2, 0) is 12.8 Å². The van der Waals surface area contributed by atoms with Crippen LogP contribution < -0.4 is 5.32 Å². The maximum Gasteiger partial charge on any atom is 0.335 e. The van der Waals surface area contributed by atoms with Crippen LogP contribution in [0.25, 0.3) is 0 Å². The summed E-state index contributed by atoms with van der Waals surface area (Å²) in [6.45, 7) is 2.17. The van der Waals surface area contributed by atoms with Crippen LogP contribution in [0.5, 0.6) is 0 Å². The summed E-state index contributed by atoms with van der Waals surface area (Å²) < 4.78 is 0. The van der Waals surface area contributed by atoms with Crippen LogP contribution in [0.2, 0.25) is 0 Å². The van der Waals surface area contributed by atoms with Gasteiger partial charge in [0, 0.05) is 6.54 Å². The molecule has 1 atom stereocenters. The summed E-state index contributed by atoms with van der Waals surface area (Å²) in [6.07, 6.45) is 3.36. The first-order chi connectivity index (χ1) is 7.69. The van der Waals surface area contributed by atoms with Gasteiger partial charge >= 0.3 is 5.97 Å². The first-order valence-corrected chi connectivity index (χ1v) is 5.74. The van der Waals surface area contributed by atoms with E-state index < -0.39 is 5.97 Å². The van der Waals surface area contributed by atoms with Gasteiger partial charge in [-0.25, -0.2) is 4.79 Å². The molecule has 0 saturated carbocycles. The molecule has 3 nitrogen and oxygen atoms in total. The molecule has 1 saturated heterocycles. The molecule has 0 aromatic heterocycles. The molecule has 3 heteroatoms. The Hall–Kier alpha value is -1.35. The number of aromatic carboxylic acids is 1. The zero-order valence-electron chi connectivity index (χ0n) is 9.12. The van der Waals surface area contributed by atoms with E-state index in [-0.39, 0.29) is 0 Å². The van der Waals surface area contributed by atoms with E-state index in [4.69, 9.17) is 5.11 Å². The van der Waals surface area contributed by atoms with Gasteiger partial charge in [0.05, 0.1) is 5.56 Å². The predicted molar refractivity (Wildman–Crippen MR) is 60.7 cm³/mol. The van der Waals surface area contributed by atoms with Crippen LogP contribution in [0, 0.1) is 5.41 Å². The van der Waals surface area contributed by atoms with Gasteiger partial charge in [-0.1, -0.05) is 6.07 Å². The molecular formula is C13H15NO2. The fourth-order valence-corrected chi connectivity index (χ4v) is 3.06. The molecule has 0 bridgehead atoms. The third-order valence-corrected chi connectivity index (χ3v) is 3.92. The van der Waals surface area contributed by atoms with Gasteiger partial charge in [-0.15, -0.1) is 0 Å². The Labute approximate surface area is 94.5 Å². The number of rotatable bonds is 1. The van der Waals surface area contributed by atoms with Crippen molar-refractivity contribution < 1.29 is 9.90 Å². The number of hydrogen-bond acceptors (Lipinski definition) is 2. The van der Waals surface area contributed by atoms with Gasteiger partial charge in [-0.3, -0.25) is 0 Å². The summed E-state index contributed by atoms with van der Waals surface area (Å²) in [5.74, 6) is -0.826. The van der Waals surface area contributed by atoms with Crippen molar-refractivity contribution >= 4 is 5.97 Å². The summed E-state index contributed by atoms with van der Waals surface area (Å²) in [5.41, 5.74) is 3.37. The molecule has 1 fully saturated rings. The van der Waals surface area contributed by atoms with Crippen LogP contribution in [-0.4, -0.2) is 24.2 Å². The minimum Gasteiger partial charge on any atom is -0.478 e. The number of carbonyl (C=O) groups is 1. The summed E-state index contributed by atoms with van der Waals surface area (Å²) in [7, 11) is 0. The van der Waals surface area contributed by atoms with Gasteiger partial charge < -0.3 is 10.4 Å². The molecule has 1 aliphatic carbocycles. The minimum absolute atomic E-state index is 0.374. The second-order valence-corrected chi connectivity index (χ2v) is 5.07. The molecule has 2 aliphatic rings. The Morgan fingerprint density at radius 1 is 1.31 bits per heavy atom. The monoisotopic (exact) mass is 217 g/mol. The van der Waals surface area contributed by atoms with Crippen molar-refractivity contribution in [3.63, 3.8) is 0 Å². The van der Waals surface area contributed by atoms with Crippen molar-refractivity contribution in [1.82, 2.24) is 5.32 Å². The summed E-state index contributed by atoms with van der Waals surface area (Å²) in [6, 6.07) is 5.57. The Kier molecular flexibility index (Phi) is 2.04. The molecule has 1 spiro atoms. The van der Waals surface area contributed by atoms with E-state index in [2.05, 4.69) is 5.32 Å². The number of carboxylic acid groups (broad SMARTS) is 1. The molecule has 1 heterocycles. The Balaban J connectivity index is 1.94. The van der Waals surface area contributed by atoms with Crippen molar-refractivity contribution in [3.05, 3.63) is 34.9 Å². The van der Waals surface area contributed by atoms with Crippen molar-refractivity contribution in [1.29, 1.82) is 0 Å². The molecule has 0 unspecified atom stereocenters. The molecule has 1 aromatic carbocycles. The zero-order valence-corrected chi connectivity index (χ0v) is 9.12. The largest absolute Gasteiger partial charge is 0.478 e. The highest BCUT2D eigenvalue weighted by Crippen LogP contribution is 2.41. The predicted octanol–water partition coefficient (Wildman–Crippen LogP) is 1.46. The molecule has 84 valence electrons. The average Bonchev–Trinajstić information content (AvgIpc) is 2.84. The highest BCUT2D eigenvalue weighted by Gasteiger charge is 2.39. The van der Waals surface area contributed by atoms with E-state index in [0.717, 1.165) is 25.9 Å². The normalized spacial score (nSPS) is 27.2. The van der Waals surface area contributed by atoms with Gasteiger partial charge in [0.25, 0.3) is 0 Å². The van der Waals surface area contributed by atoms with Gasteiger partial charge in [0.1, 0.15) is 0 Å². The number of carboxylic acids is 1. The van der Waals surface area contributed by atoms with Gasteiger partial charge in [0.2, 0.25) is 0 Å². The Morgan fingerprint density at radius 3 is 2.81 bits per heavy atom. The summed E-state index contributed by atoms with van der Waals surface area (Å²) in [4.78, 5) is 10.9. The van der Waals surface area contributed by atoms with E-state index in [1.807, 2.05) is 12.1 Å². The lowest BCUT2D eigenvalue weighted by atomic mass is 9.84. The first kappa shape index (κ1) is 9.85. The van der Waals surface area contributed by atoms with Gasteiger partial charge in [0.15, 0.2) is 0 Å². The Morgan fingerprint density at radius 2 is 2.12 bits per heavy atom. The molecule has 0 amide bonds. The molecule has 1 aliphatic heterocycles. The number of benzene rings is 1. The van der Waals surface area contributed by atoms with E-state index in [0.29, 0.717) is 11.0 Å². The van der Waals surface area contributed by atoms with Gasteiger partial charge in [-0.2, -0.15) is 0 Å². The fourth-order valence-electron chi connectivity index (χ4n) is 3.06. The SMILES string of the molecule is O=C(O)c1ccc2c(c1)C[C@@]1(CCNC1)C2. The smallest absolute Gasteiger partial charge is 0.335 e. The fraction of sp³-hybridized carbons (Fsp3) is 0.462. The van der Waals surface area contributed by atoms with Crippen molar-refractivity contribution in [3.8, 4) is 0 Å². The average molecular weight is 217 g/mol. The lowest BCUT2D eigenvalue weighted by molar-refractivity contribution is 0.0696. The van der Waals surface area contributed by atoms with E-state index >= 15 is 0 Å². The quantitative estimate of drug-likeness (QED) is 0.748. The number of hydrogen-bond donors (Lipinski definition) is 2. The topological polar surface area (TPSA) is 49.3 Å². The molecule has 16 heavy (non-hydrogen) atoms. The third-order valence-electron chi connectivity index (χ3n) is 3.92. The van der Waals surface area contributed by atoms with Crippen LogP contribution in [0.3, 0.4) is 0 Å². The lowest BCUT2D eigenvalue weighted by Crippen LogP contribution is -2.24. The van der Waals surface area contributed by atoms with Crippen LogP contribution in [0.1, 0.15) is 27.9 Å². The van der Waals surface area contributed by atoms with E-state index in [1.54, 1.807) is 6.07 Å². The molecular weight excluding hydrogens is 202 g/mol. The second kappa shape index (κ2) is 3.32. The molecule has 2 N–H and O–H groups in total. The maximum absolute atomic E-state index is 10.9. The summed E-state index contributed by atoms with van der Waals surface area (Å²) in [5, 5.41) is 12.4. The van der Waals surface area contributed by atoms with Gasteiger partial charge in [-0.05, 0) is 54.5 Å². The van der Waals surface area contributed by atoms with Crippen LogP contribution in [0.4, 0.5) is 0 Å². The summed E-state index contributed by atoms with van der Waals surface area (Å²) >= 11 is 0. The third kappa shape index (κ3) is 1.43. The van der Waals surface area contributed by atoms with Crippen molar-refractivity contribution in [2.24, 2.45) is 5.41 Å². The lowest BCUT2D eigenvalue weighted by Gasteiger charge is -2.20. The second-order valence-electron chi connectivity index (χ2n) is 5.07. The molecule has 1 aromatic rings. The Bertz CT molecular complexity index is 447. The molecule has 3 rings (SSSR count). The standard InChI is InChI=1S/C13H15NO2/c15-12(16)9-1-2-10-6-13(3-4-14-8-13)7-11(10)5-9/h1-2,5,14H,3-4,6-8H2,(H,15,16)/t13-/m1/s1. The zero-order chi connectivity index (χ0) is 11.2. The molecule has 0 radical (unpaired) electrons.